The fourth-order valence-corrected chi connectivity index (χ4v) is 1.96. The van der Waals surface area contributed by atoms with E-state index < -0.39 is 0 Å². The maximum atomic E-state index is 8.60. The van der Waals surface area contributed by atoms with Gasteiger partial charge in [-0.3, -0.25) is 0 Å². The van der Waals surface area contributed by atoms with Gasteiger partial charge in [-0.05, 0) is 44.1 Å². The van der Waals surface area contributed by atoms with E-state index in [2.05, 4.69) is 10.6 Å². The third kappa shape index (κ3) is 6.78. The highest BCUT2D eigenvalue weighted by atomic mass is 35.5. The molecule has 0 atom stereocenters. The minimum Gasteiger partial charge on any atom is -0.492 e. The van der Waals surface area contributed by atoms with E-state index >= 15 is 0 Å². The van der Waals surface area contributed by atoms with Crippen molar-refractivity contribution in [1.29, 1.82) is 0 Å². The van der Waals surface area contributed by atoms with Crippen LogP contribution in [0.15, 0.2) is 18.2 Å². The van der Waals surface area contributed by atoms with E-state index in [9.17, 15) is 0 Å². The van der Waals surface area contributed by atoms with Crippen molar-refractivity contribution in [3.63, 3.8) is 0 Å². The average molecular weight is 287 g/mol. The Bertz CT molecular complexity index is 361. The van der Waals surface area contributed by atoms with Gasteiger partial charge < -0.3 is 20.5 Å². The predicted octanol–water partition coefficient (Wildman–Crippen LogP) is 1.80. The van der Waals surface area contributed by atoms with E-state index in [1.165, 1.54) is 0 Å². The fourth-order valence-electron chi connectivity index (χ4n) is 1.70. The molecule has 0 saturated carbocycles. The van der Waals surface area contributed by atoms with Crippen LogP contribution in [-0.4, -0.2) is 38.0 Å². The molecule has 0 spiro atoms. The number of hydrogen-bond acceptors (Lipinski definition) is 4. The summed E-state index contributed by atoms with van der Waals surface area (Å²) in [5.74, 6) is 0.737. The molecule has 0 unspecified atom stereocenters. The highest BCUT2D eigenvalue weighted by Crippen LogP contribution is 2.25. The molecule has 0 aliphatic heterocycles. The van der Waals surface area contributed by atoms with E-state index in [4.69, 9.17) is 21.4 Å². The van der Waals surface area contributed by atoms with Gasteiger partial charge in [0.05, 0.1) is 18.2 Å². The van der Waals surface area contributed by atoms with Gasteiger partial charge in [0.1, 0.15) is 5.75 Å². The van der Waals surface area contributed by atoms with E-state index in [1.807, 2.05) is 25.1 Å². The molecule has 0 amide bonds. The molecule has 108 valence electrons. The molecule has 5 heteroatoms. The van der Waals surface area contributed by atoms with Crippen molar-refractivity contribution in [2.75, 3.05) is 32.8 Å². The number of hydrogen-bond donors (Lipinski definition) is 3. The molecule has 4 nitrogen and oxygen atoms in total. The first-order chi connectivity index (χ1) is 9.27. The van der Waals surface area contributed by atoms with Gasteiger partial charge in [0, 0.05) is 13.1 Å². The normalized spacial score (nSPS) is 10.7. The van der Waals surface area contributed by atoms with Gasteiger partial charge in [-0.2, -0.15) is 0 Å². The minimum atomic E-state index is 0.193. The van der Waals surface area contributed by atoms with Crippen molar-refractivity contribution in [2.45, 2.75) is 19.9 Å². The molecule has 3 N–H and O–H groups in total. The van der Waals surface area contributed by atoms with Gasteiger partial charge in [0.15, 0.2) is 0 Å². The van der Waals surface area contributed by atoms with Gasteiger partial charge >= 0.3 is 0 Å². The van der Waals surface area contributed by atoms with Gasteiger partial charge in [0.2, 0.25) is 0 Å². The van der Waals surface area contributed by atoms with Crippen molar-refractivity contribution in [3.05, 3.63) is 28.8 Å². The van der Waals surface area contributed by atoms with Crippen LogP contribution in [0.5, 0.6) is 5.75 Å². The summed E-state index contributed by atoms with van der Waals surface area (Å²) in [5, 5.41) is 15.8. The number of nitrogens with one attached hydrogen (secondary N) is 2. The van der Waals surface area contributed by atoms with Crippen molar-refractivity contribution < 1.29 is 9.84 Å². The zero-order valence-corrected chi connectivity index (χ0v) is 12.2. The van der Waals surface area contributed by atoms with Gasteiger partial charge in [-0.1, -0.05) is 17.7 Å². The summed E-state index contributed by atoms with van der Waals surface area (Å²) in [7, 11) is 0. The number of benzene rings is 1. The van der Waals surface area contributed by atoms with E-state index in [0.29, 0.717) is 18.2 Å². The summed E-state index contributed by atoms with van der Waals surface area (Å²) in [6.45, 7) is 6.06. The second-order valence-electron chi connectivity index (χ2n) is 4.20. The van der Waals surface area contributed by atoms with Crippen LogP contribution in [0.4, 0.5) is 0 Å². The van der Waals surface area contributed by atoms with Gasteiger partial charge in [-0.25, -0.2) is 0 Å². The monoisotopic (exact) mass is 286 g/mol. The SMILES string of the molecule is CCOc1ccc(CNCCCNCCO)cc1Cl. The van der Waals surface area contributed by atoms with E-state index in [0.717, 1.165) is 37.4 Å². The molecule has 1 aromatic carbocycles. The molecule has 0 fully saturated rings. The number of ether oxygens (including phenoxy) is 1. The Morgan fingerprint density at radius 2 is 2.00 bits per heavy atom. The summed E-state index contributed by atoms with van der Waals surface area (Å²) < 4.78 is 5.39. The van der Waals surface area contributed by atoms with Crippen molar-refractivity contribution >= 4 is 11.6 Å². The van der Waals surface area contributed by atoms with Crippen LogP contribution in [0.1, 0.15) is 18.9 Å². The van der Waals surface area contributed by atoms with Crippen molar-refractivity contribution in [3.8, 4) is 5.75 Å². The molecule has 0 radical (unpaired) electrons. The largest absolute Gasteiger partial charge is 0.492 e. The molecule has 0 aromatic heterocycles. The summed E-state index contributed by atoms with van der Waals surface area (Å²) in [6, 6.07) is 5.86. The molecule has 0 heterocycles. The fraction of sp³-hybridized carbons (Fsp3) is 0.571. The second kappa shape index (κ2) is 10.0. The molecule has 0 aliphatic rings. The maximum absolute atomic E-state index is 8.60. The van der Waals surface area contributed by atoms with Crippen LogP contribution < -0.4 is 15.4 Å². The first-order valence-corrected chi connectivity index (χ1v) is 7.09. The average Bonchev–Trinajstić information content (AvgIpc) is 2.41. The zero-order chi connectivity index (χ0) is 13.9. The molecular weight excluding hydrogens is 264 g/mol. The summed E-state index contributed by atoms with van der Waals surface area (Å²) >= 11 is 6.12. The van der Waals surface area contributed by atoms with Gasteiger partial charge in [-0.15, -0.1) is 0 Å². The summed E-state index contributed by atoms with van der Waals surface area (Å²) in [4.78, 5) is 0. The maximum Gasteiger partial charge on any atom is 0.137 e. The first-order valence-electron chi connectivity index (χ1n) is 6.71. The van der Waals surface area contributed by atoms with Crippen molar-refractivity contribution in [1.82, 2.24) is 10.6 Å². The topological polar surface area (TPSA) is 53.5 Å². The minimum absolute atomic E-state index is 0.193. The Balaban J connectivity index is 2.20. The van der Waals surface area contributed by atoms with Crippen molar-refractivity contribution in [2.24, 2.45) is 0 Å². The van der Waals surface area contributed by atoms with Crippen LogP contribution in [0.2, 0.25) is 5.02 Å². The lowest BCUT2D eigenvalue weighted by Gasteiger charge is -2.09. The first kappa shape index (κ1) is 16.2. The third-order valence-corrected chi connectivity index (χ3v) is 2.92. The van der Waals surface area contributed by atoms with Crippen LogP contribution in [0.3, 0.4) is 0 Å². The molecule has 0 bridgehead atoms. The lowest BCUT2D eigenvalue weighted by Crippen LogP contribution is -2.23. The summed E-state index contributed by atoms with van der Waals surface area (Å²) in [6.07, 6.45) is 1.03. The Morgan fingerprint density at radius 1 is 1.21 bits per heavy atom. The molecular formula is C14H23ClN2O2. The molecule has 19 heavy (non-hydrogen) atoms. The quantitative estimate of drug-likeness (QED) is 0.574. The number of aliphatic hydroxyl groups excluding tert-OH is 1. The van der Waals surface area contributed by atoms with Crippen LogP contribution in [0, 0.1) is 0 Å². The highest BCUT2D eigenvalue weighted by molar-refractivity contribution is 6.32. The lowest BCUT2D eigenvalue weighted by molar-refractivity contribution is 0.292. The third-order valence-electron chi connectivity index (χ3n) is 2.62. The molecule has 0 aliphatic carbocycles. The summed E-state index contributed by atoms with van der Waals surface area (Å²) in [5.41, 5.74) is 1.15. The van der Waals surface area contributed by atoms with Crippen LogP contribution in [-0.2, 0) is 6.54 Å². The number of halogens is 1. The zero-order valence-electron chi connectivity index (χ0n) is 11.4. The molecule has 0 saturated heterocycles. The molecule has 1 aromatic rings. The molecule has 1 rings (SSSR count). The van der Waals surface area contributed by atoms with E-state index in [-0.39, 0.29) is 6.61 Å². The second-order valence-corrected chi connectivity index (χ2v) is 4.61. The lowest BCUT2D eigenvalue weighted by atomic mass is 10.2. The Labute approximate surface area is 120 Å². The Hall–Kier alpha value is -0.810. The number of aliphatic hydroxyl groups is 1. The smallest absolute Gasteiger partial charge is 0.137 e. The number of rotatable bonds is 10. The Kier molecular flexibility index (Phi) is 8.58. The Morgan fingerprint density at radius 3 is 2.68 bits per heavy atom. The van der Waals surface area contributed by atoms with Gasteiger partial charge in [0.25, 0.3) is 0 Å². The van der Waals surface area contributed by atoms with E-state index in [1.54, 1.807) is 0 Å². The standard InChI is InChI=1S/C14H23ClN2O2/c1-2-19-14-5-4-12(10-13(14)15)11-17-7-3-6-16-8-9-18/h4-5,10,16-18H,2-3,6-9,11H2,1H3. The predicted molar refractivity (Wildman–Crippen MR) is 78.9 cm³/mol. The van der Waals surface area contributed by atoms with Crippen LogP contribution in [0.25, 0.3) is 0 Å². The van der Waals surface area contributed by atoms with Crippen LogP contribution >= 0.6 is 11.6 Å². The highest BCUT2D eigenvalue weighted by Gasteiger charge is 2.02.